The van der Waals surface area contributed by atoms with Gasteiger partial charge in [-0.25, -0.2) is 0 Å². The van der Waals surface area contributed by atoms with E-state index in [1.807, 2.05) is 54.6 Å². The third-order valence-electron chi connectivity index (χ3n) is 4.97. The smallest absolute Gasteiger partial charge is 0.228 e. The molecule has 0 fully saturated rings. The van der Waals surface area contributed by atoms with Gasteiger partial charge in [-0.2, -0.15) is 5.26 Å². The summed E-state index contributed by atoms with van der Waals surface area (Å²) in [5, 5.41) is 10.1. The van der Waals surface area contributed by atoms with E-state index in [1.165, 1.54) is 4.90 Å². The van der Waals surface area contributed by atoms with Crippen LogP contribution in [0.25, 0.3) is 0 Å². The van der Waals surface area contributed by atoms with Gasteiger partial charge >= 0.3 is 0 Å². The lowest BCUT2D eigenvalue weighted by atomic mass is 10.0. The minimum absolute atomic E-state index is 0.180. The zero-order valence-electron chi connectivity index (χ0n) is 17.9. The van der Waals surface area contributed by atoms with Gasteiger partial charge in [0.15, 0.2) is 6.04 Å². The summed E-state index contributed by atoms with van der Waals surface area (Å²) in [5.41, 5.74) is 2.25. The summed E-state index contributed by atoms with van der Waals surface area (Å²) in [5.74, 6) is 1.42. The number of carbonyl (C=O) groups is 1. The van der Waals surface area contributed by atoms with Crippen LogP contribution in [-0.4, -0.2) is 18.9 Å². The fourth-order valence-corrected chi connectivity index (χ4v) is 3.49. The molecule has 0 radical (unpaired) electrons. The van der Waals surface area contributed by atoms with Gasteiger partial charge in [-0.1, -0.05) is 48.5 Å². The first-order valence-corrected chi connectivity index (χ1v) is 10.9. The molecule has 0 aliphatic rings. The van der Waals surface area contributed by atoms with Crippen LogP contribution in [0.15, 0.2) is 78.9 Å². The Kier molecular flexibility index (Phi) is 8.53. The van der Waals surface area contributed by atoms with Crippen LogP contribution in [0, 0.1) is 11.3 Å². The average molecular weight is 449 g/mol. The van der Waals surface area contributed by atoms with Crippen molar-refractivity contribution < 1.29 is 14.3 Å². The lowest BCUT2D eigenvalue weighted by Gasteiger charge is -2.29. The Morgan fingerprint density at radius 3 is 2.38 bits per heavy atom. The van der Waals surface area contributed by atoms with Gasteiger partial charge in [-0.3, -0.25) is 9.69 Å². The summed E-state index contributed by atoms with van der Waals surface area (Å²) >= 11 is 5.82. The Morgan fingerprint density at radius 2 is 1.72 bits per heavy atom. The Labute approximate surface area is 193 Å². The van der Waals surface area contributed by atoms with Gasteiger partial charge in [0.05, 0.1) is 13.2 Å². The molecular formula is C26H25ClN2O3. The van der Waals surface area contributed by atoms with Crippen molar-refractivity contribution in [3.05, 3.63) is 90.0 Å². The van der Waals surface area contributed by atoms with E-state index in [-0.39, 0.29) is 12.3 Å². The fraction of sp³-hybridized carbons (Fsp3) is 0.231. The molecule has 0 N–H and O–H groups in total. The second kappa shape index (κ2) is 11.8. The Hall–Kier alpha value is -3.49. The van der Waals surface area contributed by atoms with Gasteiger partial charge in [0.2, 0.25) is 5.91 Å². The maximum atomic E-state index is 13.2. The van der Waals surface area contributed by atoms with Crippen molar-refractivity contribution in [3.63, 3.8) is 0 Å². The molecule has 0 heterocycles. The van der Waals surface area contributed by atoms with Crippen LogP contribution in [0.5, 0.6) is 11.5 Å². The Bertz CT molecular complexity index is 1050. The molecule has 0 saturated heterocycles. The molecule has 32 heavy (non-hydrogen) atoms. The van der Waals surface area contributed by atoms with Crippen LogP contribution in [0.3, 0.4) is 0 Å². The van der Waals surface area contributed by atoms with Crippen LogP contribution in [0.4, 0.5) is 5.69 Å². The second-order valence-electron chi connectivity index (χ2n) is 7.10. The molecule has 5 nitrogen and oxygen atoms in total. The van der Waals surface area contributed by atoms with Gasteiger partial charge in [0, 0.05) is 23.6 Å². The van der Waals surface area contributed by atoms with Crippen molar-refractivity contribution in [3.8, 4) is 17.6 Å². The van der Waals surface area contributed by atoms with Gasteiger partial charge in [-0.15, -0.1) is 11.6 Å². The van der Waals surface area contributed by atoms with E-state index in [4.69, 9.17) is 21.1 Å². The van der Waals surface area contributed by atoms with Gasteiger partial charge in [-0.05, 0) is 42.3 Å². The van der Waals surface area contributed by atoms with E-state index in [1.54, 1.807) is 31.4 Å². The van der Waals surface area contributed by atoms with E-state index in [0.29, 0.717) is 41.7 Å². The van der Waals surface area contributed by atoms with Crippen LogP contribution in [0.2, 0.25) is 0 Å². The molecule has 0 spiro atoms. The topological polar surface area (TPSA) is 62.6 Å². The van der Waals surface area contributed by atoms with E-state index < -0.39 is 6.04 Å². The zero-order valence-corrected chi connectivity index (χ0v) is 18.7. The molecule has 3 aromatic rings. The Balaban J connectivity index is 1.95. The molecule has 3 rings (SSSR count). The SMILES string of the molecule is COc1ccc(N(C(=O)CCCCl)C(C#N)c2ccccc2OCc2ccccc2)cc1. The summed E-state index contributed by atoms with van der Waals surface area (Å²) in [4.78, 5) is 14.7. The summed E-state index contributed by atoms with van der Waals surface area (Å²) in [6, 6.07) is 25.6. The lowest BCUT2D eigenvalue weighted by Crippen LogP contribution is -2.34. The fourth-order valence-electron chi connectivity index (χ4n) is 3.36. The van der Waals surface area contributed by atoms with Gasteiger partial charge < -0.3 is 9.47 Å². The number of halogens is 1. The number of benzene rings is 3. The highest BCUT2D eigenvalue weighted by atomic mass is 35.5. The van der Waals surface area contributed by atoms with Gasteiger partial charge in [0.25, 0.3) is 0 Å². The minimum Gasteiger partial charge on any atom is -0.497 e. The van der Waals surface area contributed by atoms with E-state index in [9.17, 15) is 10.1 Å². The highest BCUT2D eigenvalue weighted by Crippen LogP contribution is 2.34. The lowest BCUT2D eigenvalue weighted by molar-refractivity contribution is -0.118. The normalized spacial score (nSPS) is 11.3. The number of rotatable bonds is 10. The molecule has 0 bridgehead atoms. The number of carbonyl (C=O) groups excluding carboxylic acids is 1. The number of para-hydroxylation sites is 1. The number of methoxy groups -OCH3 is 1. The quantitative estimate of drug-likeness (QED) is 0.363. The zero-order chi connectivity index (χ0) is 22.8. The number of nitriles is 1. The molecular weight excluding hydrogens is 424 g/mol. The number of alkyl halides is 1. The number of amides is 1. The van der Waals surface area contributed by atoms with Crippen LogP contribution in [-0.2, 0) is 11.4 Å². The predicted molar refractivity (Wildman–Crippen MR) is 126 cm³/mol. The van der Waals surface area contributed by atoms with E-state index in [0.717, 1.165) is 5.56 Å². The van der Waals surface area contributed by atoms with E-state index >= 15 is 0 Å². The van der Waals surface area contributed by atoms with Gasteiger partial charge in [0.1, 0.15) is 18.1 Å². The molecule has 0 aliphatic carbocycles. The number of hydrogen-bond donors (Lipinski definition) is 0. The summed E-state index contributed by atoms with van der Waals surface area (Å²) in [6.45, 7) is 0.360. The molecule has 164 valence electrons. The molecule has 0 aromatic heterocycles. The molecule has 1 amide bonds. The third kappa shape index (κ3) is 5.81. The molecule has 0 saturated carbocycles. The minimum atomic E-state index is -0.863. The maximum absolute atomic E-state index is 13.2. The largest absolute Gasteiger partial charge is 0.497 e. The summed E-state index contributed by atoms with van der Waals surface area (Å²) in [6.07, 6.45) is 0.762. The molecule has 0 aliphatic heterocycles. The second-order valence-corrected chi connectivity index (χ2v) is 7.48. The monoisotopic (exact) mass is 448 g/mol. The van der Waals surface area contributed by atoms with Crippen LogP contribution < -0.4 is 14.4 Å². The highest BCUT2D eigenvalue weighted by Gasteiger charge is 2.29. The van der Waals surface area contributed by atoms with Crippen molar-refractivity contribution in [1.29, 1.82) is 5.26 Å². The van der Waals surface area contributed by atoms with Crippen molar-refractivity contribution in [2.24, 2.45) is 0 Å². The summed E-state index contributed by atoms with van der Waals surface area (Å²) < 4.78 is 11.3. The van der Waals surface area contributed by atoms with Crippen molar-refractivity contribution >= 4 is 23.2 Å². The number of nitrogens with zero attached hydrogens (tertiary/aromatic N) is 2. The van der Waals surface area contributed by atoms with E-state index in [2.05, 4.69) is 6.07 Å². The molecule has 3 aromatic carbocycles. The van der Waals surface area contributed by atoms with Crippen molar-refractivity contribution in [1.82, 2.24) is 0 Å². The number of anilines is 1. The first kappa shape index (κ1) is 23.2. The highest BCUT2D eigenvalue weighted by molar-refractivity contribution is 6.18. The van der Waals surface area contributed by atoms with Crippen LogP contribution in [0.1, 0.15) is 30.0 Å². The summed E-state index contributed by atoms with van der Waals surface area (Å²) in [7, 11) is 1.58. The standard InChI is InChI=1S/C26H25ClN2O3/c1-31-22-15-13-21(14-16-22)29(26(30)12-7-17-27)24(18-28)23-10-5-6-11-25(23)32-19-20-8-3-2-4-9-20/h2-6,8-11,13-16,24H,7,12,17,19H2,1H3. The Morgan fingerprint density at radius 1 is 1.03 bits per heavy atom. The number of hydrogen-bond acceptors (Lipinski definition) is 4. The maximum Gasteiger partial charge on any atom is 0.228 e. The van der Waals surface area contributed by atoms with Crippen LogP contribution >= 0.6 is 11.6 Å². The number of ether oxygens (including phenoxy) is 2. The molecule has 1 atom stereocenters. The first-order valence-electron chi connectivity index (χ1n) is 10.3. The predicted octanol–water partition coefficient (Wildman–Crippen LogP) is 5.89. The van der Waals surface area contributed by atoms with Crippen molar-refractivity contribution in [2.75, 3.05) is 17.9 Å². The average Bonchev–Trinajstić information content (AvgIpc) is 2.85. The molecule has 1 unspecified atom stereocenters. The third-order valence-corrected chi connectivity index (χ3v) is 5.24. The first-order chi connectivity index (χ1) is 15.7. The van der Waals surface area contributed by atoms with Crippen molar-refractivity contribution in [2.45, 2.75) is 25.5 Å². The molecule has 6 heteroatoms.